The standard InChI is InChI=1S/C14H19N3O5/c1-14(2,3)22-13(18)16-7-6-10(16)9-21-11-4-5-12(15-8-11)17(19)20/h4-5,8,10H,6-7,9H2,1-3H3/t10-/m1/s1. The fraction of sp³-hybridized carbons (Fsp3) is 0.571. The largest absolute Gasteiger partial charge is 0.487 e. The molecule has 0 spiro atoms. The monoisotopic (exact) mass is 309 g/mol. The number of amides is 1. The summed E-state index contributed by atoms with van der Waals surface area (Å²) >= 11 is 0. The van der Waals surface area contributed by atoms with Crippen LogP contribution in [-0.4, -0.2) is 45.7 Å². The molecular weight excluding hydrogens is 290 g/mol. The second-order valence-corrected chi connectivity index (χ2v) is 6.04. The van der Waals surface area contributed by atoms with Crippen molar-refractivity contribution in [3.63, 3.8) is 0 Å². The first-order valence-corrected chi connectivity index (χ1v) is 6.99. The number of rotatable bonds is 4. The van der Waals surface area contributed by atoms with Crippen molar-refractivity contribution >= 4 is 11.9 Å². The number of nitrogens with zero attached hydrogens (tertiary/aromatic N) is 3. The van der Waals surface area contributed by atoms with Crippen molar-refractivity contribution in [1.82, 2.24) is 9.88 Å². The van der Waals surface area contributed by atoms with Crippen molar-refractivity contribution in [3.05, 3.63) is 28.4 Å². The van der Waals surface area contributed by atoms with Crippen molar-refractivity contribution in [1.29, 1.82) is 0 Å². The molecule has 1 aliphatic rings. The highest BCUT2D eigenvalue weighted by Gasteiger charge is 2.35. The third-order valence-electron chi connectivity index (χ3n) is 3.12. The normalized spacial score (nSPS) is 17.6. The van der Waals surface area contributed by atoms with Crippen LogP contribution in [-0.2, 0) is 4.74 Å². The predicted octanol–water partition coefficient (Wildman–Crippen LogP) is 2.38. The molecular formula is C14H19N3O5. The van der Waals surface area contributed by atoms with Crippen LogP contribution in [0.5, 0.6) is 5.75 Å². The van der Waals surface area contributed by atoms with Gasteiger partial charge in [0.1, 0.15) is 12.2 Å². The topological polar surface area (TPSA) is 94.8 Å². The van der Waals surface area contributed by atoms with Gasteiger partial charge in [0, 0.05) is 12.6 Å². The summed E-state index contributed by atoms with van der Waals surface area (Å²) in [5.74, 6) is 0.202. The Morgan fingerprint density at radius 2 is 2.23 bits per heavy atom. The Balaban J connectivity index is 1.84. The van der Waals surface area contributed by atoms with Gasteiger partial charge in [0.2, 0.25) is 0 Å². The fourth-order valence-corrected chi connectivity index (χ4v) is 1.93. The molecule has 0 unspecified atom stereocenters. The first-order chi connectivity index (χ1) is 10.3. The number of likely N-dealkylation sites (tertiary alicyclic amines) is 1. The van der Waals surface area contributed by atoms with Gasteiger partial charge in [-0.05, 0) is 43.2 Å². The second-order valence-electron chi connectivity index (χ2n) is 6.04. The summed E-state index contributed by atoms with van der Waals surface area (Å²) in [6.45, 7) is 6.40. The Hall–Kier alpha value is -2.38. The van der Waals surface area contributed by atoms with E-state index in [2.05, 4.69) is 4.98 Å². The summed E-state index contributed by atoms with van der Waals surface area (Å²) in [5, 5.41) is 10.5. The van der Waals surface area contributed by atoms with Crippen LogP contribution in [0.1, 0.15) is 27.2 Å². The maximum atomic E-state index is 11.9. The molecule has 1 aromatic heterocycles. The van der Waals surface area contributed by atoms with E-state index in [9.17, 15) is 14.9 Å². The molecule has 0 saturated carbocycles. The average molecular weight is 309 g/mol. The van der Waals surface area contributed by atoms with Crippen LogP contribution in [0.3, 0.4) is 0 Å². The Bertz CT molecular complexity index is 553. The van der Waals surface area contributed by atoms with Crippen LogP contribution in [0.25, 0.3) is 0 Å². The van der Waals surface area contributed by atoms with Crippen LogP contribution < -0.4 is 4.74 Å². The predicted molar refractivity (Wildman–Crippen MR) is 77.7 cm³/mol. The molecule has 2 rings (SSSR count). The summed E-state index contributed by atoms with van der Waals surface area (Å²) in [6, 6.07) is 2.72. The van der Waals surface area contributed by atoms with Crippen LogP contribution in [0.2, 0.25) is 0 Å². The van der Waals surface area contributed by atoms with Gasteiger partial charge in [-0.2, -0.15) is 0 Å². The van der Waals surface area contributed by atoms with Crippen LogP contribution in [0, 0.1) is 10.1 Å². The minimum Gasteiger partial charge on any atom is -0.487 e. The first-order valence-electron chi connectivity index (χ1n) is 6.99. The van der Waals surface area contributed by atoms with E-state index in [1.54, 1.807) is 4.90 Å². The van der Waals surface area contributed by atoms with E-state index in [0.29, 0.717) is 18.9 Å². The highest BCUT2D eigenvalue weighted by Crippen LogP contribution is 2.22. The number of nitro groups is 1. The van der Waals surface area contributed by atoms with Crippen LogP contribution in [0.15, 0.2) is 18.3 Å². The van der Waals surface area contributed by atoms with Crippen LogP contribution >= 0.6 is 0 Å². The summed E-state index contributed by atoms with van der Waals surface area (Å²) in [5.41, 5.74) is -0.527. The number of hydrogen-bond donors (Lipinski definition) is 0. The minimum absolute atomic E-state index is 0.0509. The molecule has 1 saturated heterocycles. The molecule has 1 aliphatic heterocycles. The Labute approximate surface area is 128 Å². The first kappa shape index (κ1) is 16.0. The van der Waals surface area contributed by atoms with E-state index < -0.39 is 10.5 Å². The summed E-state index contributed by atoms with van der Waals surface area (Å²) in [7, 11) is 0. The lowest BCUT2D eigenvalue weighted by molar-refractivity contribution is -0.389. The molecule has 0 N–H and O–H groups in total. The fourth-order valence-electron chi connectivity index (χ4n) is 1.93. The van der Waals surface area contributed by atoms with Gasteiger partial charge in [-0.25, -0.2) is 4.79 Å². The highest BCUT2D eigenvalue weighted by molar-refractivity contribution is 5.69. The van der Waals surface area contributed by atoms with Gasteiger partial charge in [0.05, 0.1) is 6.04 Å². The lowest BCUT2D eigenvalue weighted by Crippen LogP contribution is -2.55. The zero-order valence-corrected chi connectivity index (χ0v) is 12.8. The lowest BCUT2D eigenvalue weighted by atomic mass is 10.1. The molecule has 0 aliphatic carbocycles. The van der Waals surface area contributed by atoms with Crippen LogP contribution in [0.4, 0.5) is 10.6 Å². The van der Waals surface area contributed by atoms with E-state index >= 15 is 0 Å². The van der Waals surface area contributed by atoms with E-state index in [0.717, 1.165) is 6.42 Å². The molecule has 1 fully saturated rings. The third-order valence-corrected chi connectivity index (χ3v) is 3.12. The van der Waals surface area contributed by atoms with Gasteiger partial charge in [-0.3, -0.25) is 0 Å². The Morgan fingerprint density at radius 1 is 1.50 bits per heavy atom. The number of aromatic nitrogens is 1. The van der Waals surface area contributed by atoms with Crippen molar-refractivity contribution in [3.8, 4) is 5.75 Å². The molecule has 120 valence electrons. The van der Waals surface area contributed by atoms with Gasteiger partial charge < -0.3 is 24.5 Å². The Kier molecular flexibility index (Phi) is 4.48. The van der Waals surface area contributed by atoms with Crippen molar-refractivity contribution in [2.75, 3.05) is 13.2 Å². The molecule has 0 aromatic carbocycles. The zero-order valence-electron chi connectivity index (χ0n) is 12.8. The van der Waals surface area contributed by atoms with Crippen molar-refractivity contribution < 1.29 is 19.2 Å². The van der Waals surface area contributed by atoms with Gasteiger partial charge in [0.15, 0.2) is 11.9 Å². The van der Waals surface area contributed by atoms with E-state index in [4.69, 9.17) is 9.47 Å². The maximum absolute atomic E-state index is 11.9. The van der Waals surface area contributed by atoms with E-state index in [-0.39, 0.29) is 18.0 Å². The molecule has 0 radical (unpaired) electrons. The molecule has 22 heavy (non-hydrogen) atoms. The zero-order chi connectivity index (χ0) is 16.3. The van der Waals surface area contributed by atoms with Crippen molar-refractivity contribution in [2.24, 2.45) is 0 Å². The van der Waals surface area contributed by atoms with E-state index in [1.807, 2.05) is 20.8 Å². The SMILES string of the molecule is CC(C)(C)OC(=O)N1CC[C@@H]1COc1ccc([N+](=O)[O-])nc1. The quantitative estimate of drug-likeness (QED) is 0.626. The highest BCUT2D eigenvalue weighted by atomic mass is 16.6. The molecule has 8 heteroatoms. The van der Waals surface area contributed by atoms with Gasteiger partial charge in [-0.1, -0.05) is 0 Å². The number of carbonyl (C=O) groups is 1. The van der Waals surface area contributed by atoms with Gasteiger partial charge in [0.25, 0.3) is 0 Å². The summed E-state index contributed by atoms with van der Waals surface area (Å²) in [4.78, 5) is 27.2. The Morgan fingerprint density at radius 3 is 2.68 bits per heavy atom. The maximum Gasteiger partial charge on any atom is 0.410 e. The third kappa shape index (κ3) is 4.06. The molecule has 8 nitrogen and oxygen atoms in total. The average Bonchev–Trinajstić information content (AvgIpc) is 2.35. The number of pyridine rings is 1. The lowest BCUT2D eigenvalue weighted by Gasteiger charge is -2.40. The van der Waals surface area contributed by atoms with Crippen molar-refractivity contribution in [2.45, 2.75) is 38.8 Å². The smallest absolute Gasteiger partial charge is 0.410 e. The van der Waals surface area contributed by atoms with Gasteiger partial charge in [-0.15, -0.1) is 0 Å². The second kappa shape index (κ2) is 6.17. The number of ether oxygens (including phenoxy) is 2. The molecule has 0 bridgehead atoms. The molecule has 2 heterocycles. The summed E-state index contributed by atoms with van der Waals surface area (Å²) in [6.07, 6.45) is 1.78. The number of carbonyl (C=O) groups excluding carboxylic acids is 1. The van der Waals surface area contributed by atoms with Gasteiger partial charge >= 0.3 is 11.9 Å². The molecule has 1 atom stereocenters. The number of hydrogen-bond acceptors (Lipinski definition) is 6. The van der Waals surface area contributed by atoms with E-state index in [1.165, 1.54) is 18.3 Å². The summed E-state index contributed by atoms with van der Waals surface area (Å²) < 4.78 is 10.8. The molecule has 1 aromatic rings. The molecule has 1 amide bonds. The minimum atomic E-state index is -0.569.